The number of hydrogen-bond acceptors (Lipinski definition) is 1. The van der Waals surface area contributed by atoms with Crippen molar-refractivity contribution in [3.63, 3.8) is 0 Å². The smallest absolute Gasteiger partial charge is 0.0998 e. The molecule has 0 N–H and O–H groups in total. The van der Waals surface area contributed by atoms with Crippen molar-refractivity contribution in [3.05, 3.63) is 42.0 Å². The molecule has 0 aromatic heterocycles. The second kappa shape index (κ2) is 5.24. The number of benzene rings is 1. The average Bonchev–Trinajstić information content (AvgIpc) is 2.25. The van der Waals surface area contributed by atoms with E-state index in [1.807, 2.05) is 24.3 Å². The average molecular weight is 185 g/mol. The number of rotatable bonds is 4. The largest absolute Gasteiger partial charge is 0.192 e. The zero-order valence-corrected chi connectivity index (χ0v) is 8.59. The maximum Gasteiger partial charge on any atom is 0.0998 e. The van der Waals surface area contributed by atoms with Crippen molar-refractivity contribution in [2.45, 2.75) is 26.2 Å². The Kier molecular flexibility index (Phi) is 3.94. The first-order chi connectivity index (χ1) is 6.79. The molecule has 0 atom stereocenters. The summed E-state index contributed by atoms with van der Waals surface area (Å²) in [5, 5.41) is 8.90. The van der Waals surface area contributed by atoms with Crippen molar-refractivity contribution in [1.82, 2.24) is 0 Å². The van der Waals surface area contributed by atoms with E-state index < -0.39 is 0 Å². The molecule has 0 bridgehead atoms. The molecule has 1 heteroatoms. The highest BCUT2D eigenvalue weighted by molar-refractivity contribution is 5.68. The molecule has 1 aromatic rings. The third-order valence-corrected chi connectivity index (χ3v) is 2.26. The molecule has 0 saturated heterocycles. The van der Waals surface area contributed by atoms with Crippen molar-refractivity contribution >= 4 is 5.57 Å². The van der Waals surface area contributed by atoms with Gasteiger partial charge in [0.25, 0.3) is 0 Å². The van der Waals surface area contributed by atoms with Crippen molar-refractivity contribution in [1.29, 1.82) is 5.26 Å². The van der Waals surface area contributed by atoms with Crippen LogP contribution in [0.1, 0.15) is 37.3 Å². The van der Waals surface area contributed by atoms with Crippen LogP contribution in [0.3, 0.4) is 0 Å². The van der Waals surface area contributed by atoms with Crippen LogP contribution in [-0.2, 0) is 0 Å². The summed E-state index contributed by atoms with van der Waals surface area (Å²) in [6.45, 7) is 6.18. The molecule has 0 aliphatic carbocycles. The quantitative estimate of drug-likeness (QED) is 0.700. The Labute approximate surface area is 85.7 Å². The van der Waals surface area contributed by atoms with E-state index in [-0.39, 0.29) is 0 Å². The lowest BCUT2D eigenvalue weighted by molar-refractivity contribution is 0.825. The highest BCUT2D eigenvalue weighted by Gasteiger charge is 2.03. The first-order valence-corrected chi connectivity index (χ1v) is 4.97. The van der Waals surface area contributed by atoms with Gasteiger partial charge in [-0.15, -0.1) is 0 Å². The van der Waals surface area contributed by atoms with Gasteiger partial charge in [0.15, 0.2) is 0 Å². The Hall–Kier alpha value is -1.55. The van der Waals surface area contributed by atoms with Crippen LogP contribution >= 0.6 is 0 Å². The first-order valence-electron chi connectivity index (χ1n) is 4.97. The molecule has 0 spiro atoms. The van der Waals surface area contributed by atoms with E-state index >= 15 is 0 Å². The summed E-state index contributed by atoms with van der Waals surface area (Å²) in [4.78, 5) is 0. The van der Waals surface area contributed by atoms with E-state index in [0.29, 0.717) is 0 Å². The van der Waals surface area contributed by atoms with Crippen LogP contribution in [0.5, 0.6) is 0 Å². The Morgan fingerprint density at radius 2 is 2.14 bits per heavy atom. The normalized spacial score (nSPS) is 9.43. The molecule has 0 radical (unpaired) electrons. The molecule has 1 rings (SSSR count). The maximum absolute atomic E-state index is 8.90. The van der Waals surface area contributed by atoms with Gasteiger partial charge < -0.3 is 0 Å². The molecule has 0 heterocycles. The number of hydrogen-bond donors (Lipinski definition) is 0. The maximum atomic E-state index is 8.90. The minimum atomic E-state index is 0.730. The predicted octanol–water partition coefficient (Wildman–Crippen LogP) is 3.76. The molecular weight excluding hydrogens is 170 g/mol. The molecule has 0 amide bonds. The minimum absolute atomic E-state index is 0.730. The molecule has 0 fully saturated rings. The lowest BCUT2D eigenvalue weighted by Crippen LogP contribution is -1.88. The highest BCUT2D eigenvalue weighted by atomic mass is 14.2. The van der Waals surface area contributed by atoms with Gasteiger partial charge in [0, 0.05) is 0 Å². The summed E-state index contributed by atoms with van der Waals surface area (Å²) < 4.78 is 0. The van der Waals surface area contributed by atoms with Gasteiger partial charge in [0.1, 0.15) is 0 Å². The summed E-state index contributed by atoms with van der Waals surface area (Å²) in [5.41, 5.74) is 2.81. The predicted molar refractivity (Wildman–Crippen MR) is 59.7 cm³/mol. The van der Waals surface area contributed by atoms with Crippen molar-refractivity contribution < 1.29 is 0 Å². The second-order valence-electron chi connectivity index (χ2n) is 3.36. The monoisotopic (exact) mass is 185 g/mol. The van der Waals surface area contributed by atoms with Gasteiger partial charge in [-0.1, -0.05) is 38.1 Å². The number of nitrogens with zero attached hydrogens (tertiary/aromatic N) is 1. The second-order valence-corrected chi connectivity index (χ2v) is 3.36. The van der Waals surface area contributed by atoms with Gasteiger partial charge in [0.2, 0.25) is 0 Å². The van der Waals surface area contributed by atoms with Gasteiger partial charge in [-0.05, 0) is 30.0 Å². The summed E-state index contributed by atoms with van der Waals surface area (Å²) in [5.74, 6) is 0. The summed E-state index contributed by atoms with van der Waals surface area (Å²) in [6, 6.07) is 9.84. The Balaban J connectivity index is 2.85. The first kappa shape index (κ1) is 10.5. The topological polar surface area (TPSA) is 23.8 Å². The van der Waals surface area contributed by atoms with E-state index in [2.05, 4.69) is 19.6 Å². The number of nitriles is 1. The molecule has 14 heavy (non-hydrogen) atoms. The van der Waals surface area contributed by atoms with Crippen molar-refractivity contribution in [2.75, 3.05) is 0 Å². The van der Waals surface area contributed by atoms with E-state index in [0.717, 1.165) is 36.0 Å². The molecule has 0 aliphatic rings. The van der Waals surface area contributed by atoms with Gasteiger partial charge in [0.05, 0.1) is 11.6 Å². The third kappa shape index (κ3) is 2.47. The standard InChI is InChI=1S/C13H15N/c1-3-4-7-11(2)13-9-6-5-8-12(13)10-14/h5-6,8-9H,2-4,7H2,1H3. The van der Waals surface area contributed by atoms with Crippen LogP contribution in [0, 0.1) is 11.3 Å². The third-order valence-electron chi connectivity index (χ3n) is 2.26. The number of allylic oxidation sites excluding steroid dienone is 1. The fourth-order valence-electron chi connectivity index (χ4n) is 1.41. The van der Waals surface area contributed by atoms with Crippen LogP contribution < -0.4 is 0 Å². The van der Waals surface area contributed by atoms with E-state index in [1.54, 1.807) is 0 Å². The van der Waals surface area contributed by atoms with E-state index in [4.69, 9.17) is 5.26 Å². The Morgan fingerprint density at radius 3 is 2.79 bits per heavy atom. The number of unbranched alkanes of at least 4 members (excludes halogenated alkanes) is 1. The van der Waals surface area contributed by atoms with Crippen LogP contribution in [0.4, 0.5) is 0 Å². The Morgan fingerprint density at radius 1 is 1.43 bits per heavy atom. The van der Waals surface area contributed by atoms with Crippen molar-refractivity contribution in [3.8, 4) is 6.07 Å². The summed E-state index contributed by atoms with van der Waals surface area (Å²) >= 11 is 0. The minimum Gasteiger partial charge on any atom is -0.192 e. The Bertz CT molecular complexity index is 358. The van der Waals surface area contributed by atoms with Crippen LogP contribution in [-0.4, -0.2) is 0 Å². The zero-order valence-electron chi connectivity index (χ0n) is 8.59. The van der Waals surface area contributed by atoms with Crippen LogP contribution in [0.2, 0.25) is 0 Å². The fourth-order valence-corrected chi connectivity index (χ4v) is 1.41. The molecule has 0 saturated carbocycles. The van der Waals surface area contributed by atoms with Gasteiger partial charge >= 0.3 is 0 Å². The van der Waals surface area contributed by atoms with Crippen LogP contribution in [0.15, 0.2) is 30.8 Å². The molecule has 72 valence electrons. The molecule has 1 aromatic carbocycles. The highest BCUT2D eigenvalue weighted by Crippen LogP contribution is 2.21. The molecular formula is C13H15N. The van der Waals surface area contributed by atoms with Crippen molar-refractivity contribution in [2.24, 2.45) is 0 Å². The lowest BCUT2D eigenvalue weighted by Gasteiger charge is -2.06. The van der Waals surface area contributed by atoms with Gasteiger partial charge in [-0.3, -0.25) is 0 Å². The lowest BCUT2D eigenvalue weighted by atomic mass is 9.98. The zero-order chi connectivity index (χ0) is 10.4. The van der Waals surface area contributed by atoms with Gasteiger partial charge in [-0.2, -0.15) is 5.26 Å². The van der Waals surface area contributed by atoms with Gasteiger partial charge in [-0.25, -0.2) is 0 Å². The summed E-state index contributed by atoms with van der Waals surface area (Å²) in [6.07, 6.45) is 3.28. The molecule has 0 unspecified atom stereocenters. The summed E-state index contributed by atoms with van der Waals surface area (Å²) in [7, 11) is 0. The fraction of sp³-hybridized carbons (Fsp3) is 0.308. The van der Waals surface area contributed by atoms with E-state index in [9.17, 15) is 0 Å². The molecule has 1 nitrogen and oxygen atoms in total. The van der Waals surface area contributed by atoms with Crippen LogP contribution in [0.25, 0.3) is 5.57 Å². The molecule has 0 aliphatic heterocycles. The van der Waals surface area contributed by atoms with E-state index in [1.165, 1.54) is 0 Å². The SMILES string of the molecule is C=C(CCCC)c1ccccc1C#N.